The number of piperidine rings is 1. The topological polar surface area (TPSA) is 57.5 Å². The second-order valence-electron chi connectivity index (χ2n) is 11.1. The Balaban J connectivity index is 1.23. The van der Waals surface area contributed by atoms with Crippen LogP contribution in [0.5, 0.6) is 0 Å². The fraction of sp³-hybridized carbons (Fsp3) is 0.500. The van der Waals surface area contributed by atoms with Gasteiger partial charge in [-0.3, -0.25) is 19.6 Å². The number of carbonyl (C=O) groups is 1. The van der Waals surface area contributed by atoms with Crippen LogP contribution in [0.1, 0.15) is 47.0 Å². The van der Waals surface area contributed by atoms with Crippen molar-refractivity contribution in [2.45, 2.75) is 51.2 Å². The lowest BCUT2D eigenvalue weighted by atomic mass is 9.94. The van der Waals surface area contributed by atoms with Gasteiger partial charge in [0.25, 0.3) is 0 Å². The standard InChI is InChI=1S/C30H38N6O/c1-22-17-34(21-32-22)18-23-7-6-14-36(19-23)30(37)27-20-35(16-15-33(27)2)29-26-10-4-3-8-24(26)11-12-25-9-5-13-31-28(25)29/h3-5,8-10,13,17,21,23,27,29H,6-7,11-12,14-16,18-20H2,1-2H3/t23?,27-,29?/m1/s1. The first-order valence-corrected chi connectivity index (χ1v) is 13.8. The Morgan fingerprint density at radius 1 is 1.00 bits per heavy atom. The number of piperazine rings is 1. The molecule has 2 saturated heterocycles. The predicted octanol–water partition coefficient (Wildman–Crippen LogP) is 3.33. The van der Waals surface area contributed by atoms with Gasteiger partial charge in [0.1, 0.15) is 6.04 Å². The highest BCUT2D eigenvalue weighted by Crippen LogP contribution is 2.36. The van der Waals surface area contributed by atoms with Crippen LogP contribution in [-0.4, -0.2) is 81.0 Å². The highest BCUT2D eigenvalue weighted by molar-refractivity contribution is 5.82. The van der Waals surface area contributed by atoms with E-state index in [1.54, 1.807) is 0 Å². The van der Waals surface area contributed by atoms with Crippen molar-refractivity contribution in [1.82, 2.24) is 29.2 Å². The van der Waals surface area contributed by atoms with Crippen LogP contribution >= 0.6 is 0 Å². The van der Waals surface area contributed by atoms with Crippen LogP contribution in [0.4, 0.5) is 0 Å². The third-order valence-electron chi connectivity index (χ3n) is 8.59. The van der Waals surface area contributed by atoms with E-state index >= 15 is 0 Å². The van der Waals surface area contributed by atoms with E-state index in [1.165, 1.54) is 16.7 Å². The number of hydrogen-bond acceptors (Lipinski definition) is 5. The summed E-state index contributed by atoms with van der Waals surface area (Å²) in [4.78, 5) is 30.2. The van der Waals surface area contributed by atoms with E-state index in [1.807, 2.05) is 19.4 Å². The number of rotatable bonds is 4. The Morgan fingerprint density at radius 2 is 1.84 bits per heavy atom. The van der Waals surface area contributed by atoms with Gasteiger partial charge in [-0.2, -0.15) is 0 Å². The van der Waals surface area contributed by atoms with Crippen LogP contribution < -0.4 is 0 Å². The maximum atomic E-state index is 14.0. The molecule has 3 atom stereocenters. The van der Waals surface area contributed by atoms with Gasteiger partial charge in [0.15, 0.2) is 0 Å². The van der Waals surface area contributed by atoms with E-state index < -0.39 is 0 Å². The molecule has 2 fully saturated rings. The van der Waals surface area contributed by atoms with Crippen molar-refractivity contribution >= 4 is 5.91 Å². The number of amides is 1. The van der Waals surface area contributed by atoms with E-state index in [-0.39, 0.29) is 18.0 Å². The third kappa shape index (κ3) is 4.94. The zero-order chi connectivity index (χ0) is 25.4. The maximum absolute atomic E-state index is 14.0. The highest BCUT2D eigenvalue weighted by Gasteiger charge is 2.39. The van der Waals surface area contributed by atoms with Gasteiger partial charge in [0, 0.05) is 51.7 Å². The summed E-state index contributed by atoms with van der Waals surface area (Å²) >= 11 is 0. The van der Waals surface area contributed by atoms with Crippen LogP contribution in [0.15, 0.2) is 55.1 Å². The SMILES string of the molecule is Cc1cn(CC2CCCN(C(=O)[C@H]3CN(C4c5ccccc5CCc5cccnc54)CCN3C)C2)cn1. The van der Waals surface area contributed by atoms with Crippen LogP contribution in [0.2, 0.25) is 0 Å². The van der Waals surface area contributed by atoms with Gasteiger partial charge in [-0.25, -0.2) is 4.98 Å². The molecule has 0 bridgehead atoms. The summed E-state index contributed by atoms with van der Waals surface area (Å²) in [5, 5.41) is 0. The first-order chi connectivity index (χ1) is 18.1. The zero-order valence-corrected chi connectivity index (χ0v) is 22.1. The van der Waals surface area contributed by atoms with E-state index in [0.717, 1.165) is 76.3 Å². The fourth-order valence-electron chi connectivity index (χ4n) is 6.61. The van der Waals surface area contributed by atoms with Gasteiger partial charge in [-0.1, -0.05) is 30.3 Å². The summed E-state index contributed by atoms with van der Waals surface area (Å²) in [6.07, 6.45) is 10.2. The van der Waals surface area contributed by atoms with Gasteiger partial charge in [0.2, 0.25) is 5.91 Å². The van der Waals surface area contributed by atoms with E-state index in [2.05, 4.69) is 73.9 Å². The number of likely N-dealkylation sites (N-methyl/N-ethyl adjacent to an activating group) is 1. The van der Waals surface area contributed by atoms with Crippen LogP contribution in [0, 0.1) is 12.8 Å². The second kappa shape index (κ2) is 10.4. The Kier molecular flexibility index (Phi) is 6.82. The molecule has 0 N–H and O–H groups in total. The van der Waals surface area contributed by atoms with E-state index in [0.29, 0.717) is 5.92 Å². The summed E-state index contributed by atoms with van der Waals surface area (Å²) in [5.41, 5.74) is 6.30. The molecule has 1 aromatic carbocycles. The molecular formula is C30H38N6O. The number of aryl methyl sites for hydroxylation is 3. The number of benzene rings is 1. The molecular weight excluding hydrogens is 460 g/mol. The van der Waals surface area contributed by atoms with Crippen LogP contribution in [0.25, 0.3) is 0 Å². The molecule has 2 aromatic heterocycles. The van der Waals surface area contributed by atoms with Crippen molar-refractivity contribution in [2.24, 2.45) is 5.92 Å². The first-order valence-electron chi connectivity index (χ1n) is 13.8. The number of nitrogens with zero attached hydrogens (tertiary/aromatic N) is 6. The van der Waals surface area contributed by atoms with Gasteiger partial charge in [-0.05, 0) is 68.3 Å². The van der Waals surface area contributed by atoms with Gasteiger partial charge < -0.3 is 9.47 Å². The molecule has 3 aliphatic rings. The molecule has 1 amide bonds. The van der Waals surface area contributed by atoms with Crippen molar-refractivity contribution in [1.29, 1.82) is 0 Å². The van der Waals surface area contributed by atoms with Gasteiger partial charge in [0.05, 0.1) is 23.8 Å². The lowest BCUT2D eigenvalue weighted by Gasteiger charge is -2.45. The molecule has 194 valence electrons. The summed E-state index contributed by atoms with van der Waals surface area (Å²) < 4.78 is 2.18. The minimum Gasteiger partial charge on any atom is -0.341 e. The molecule has 7 heteroatoms. The third-order valence-corrected chi connectivity index (χ3v) is 8.59. The fourth-order valence-corrected chi connectivity index (χ4v) is 6.61. The number of aromatic nitrogens is 3. The van der Waals surface area contributed by atoms with E-state index in [4.69, 9.17) is 4.98 Å². The average Bonchev–Trinajstić information content (AvgIpc) is 3.25. The van der Waals surface area contributed by atoms with Crippen LogP contribution in [-0.2, 0) is 24.2 Å². The second-order valence-corrected chi connectivity index (χ2v) is 11.1. The van der Waals surface area contributed by atoms with Crippen molar-refractivity contribution in [2.75, 3.05) is 39.8 Å². The first kappa shape index (κ1) is 24.3. The van der Waals surface area contributed by atoms with Crippen molar-refractivity contribution in [3.8, 4) is 0 Å². The smallest absolute Gasteiger partial charge is 0.241 e. The quantitative estimate of drug-likeness (QED) is 0.552. The minimum atomic E-state index is -0.134. The number of pyridine rings is 1. The van der Waals surface area contributed by atoms with Gasteiger partial charge >= 0.3 is 0 Å². The predicted molar refractivity (Wildman–Crippen MR) is 144 cm³/mol. The normalized spacial score (nSPS) is 24.8. The Bertz CT molecular complexity index is 1210. The zero-order valence-electron chi connectivity index (χ0n) is 22.1. The molecule has 0 spiro atoms. The monoisotopic (exact) mass is 498 g/mol. The van der Waals surface area contributed by atoms with Crippen molar-refractivity contribution in [3.05, 3.63) is 83.2 Å². The lowest BCUT2D eigenvalue weighted by Crippen LogP contribution is -2.60. The molecule has 0 radical (unpaired) electrons. The lowest BCUT2D eigenvalue weighted by molar-refractivity contribution is -0.141. The molecule has 0 saturated carbocycles. The summed E-state index contributed by atoms with van der Waals surface area (Å²) in [5.74, 6) is 0.753. The van der Waals surface area contributed by atoms with Crippen molar-refractivity contribution < 1.29 is 4.79 Å². The average molecular weight is 499 g/mol. The van der Waals surface area contributed by atoms with Gasteiger partial charge in [-0.15, -0.1) is 0 Å². The Hall–Kier alpha value is -3.03. The molecule has 2 unspecified atom stereocenters. The number of hydrogen-bond donors (Lipinski definition) is 0. The maximum Gasteiger partial charge on any atom is 0.241 e. The molecule has 1 aliphatic carbocycles. The molecule has 2 aliphatic heterocycles. The Labute approximate surface area is 220 Å². The van der Waals surface area contributed by atoms with E-state index in [9.17, 15) is 4.79 Å². The molecule has 37 heavy (non-hydrogen) atoms. The van der Waals surface area contributed by atoms with Crippen LogP contribution in [0.3, 0.4) is 0 Å². The summed E-state index contributed by atoms with van der Waals surface area (Å²) in [7, 11) is 2.11. The number of fused-ring (bicyclic) bond motifs is 2. The minimum absolute atomic E-state index is 0.0949. The molecule has 4 heterocycles. The number of carbonyl (C=O) groups excluding carboxylic acids is 1. The highest BCUT2D eigenvalue weighted by atomic mass is 16.2. The largest absolute Gasteiger partial charge is 0.341 e. The number of likely N-dealkylation sites (tertiary alicyclic amines) is 1. The Morgan fingerprint density at radius 3 is 2.70 bits per heavy atom. The number of imidazole rings is 1. The molecule has 3 aromatic rings. The molecule has 6 rings (SSSR count). The summed E-state index contributed by atoms with van der Waals surface area (Å²) in [6, 6.07) is 13.1. The summed E-state index contributed by atoms with van der Waals surface area (Å²) in [6.45, 7) is 7.18. The molecule has 7 nitrogen and oxygen atoms in total. The van der Waals surface area contributed by atoms with Crippen molar-refractivity contribution in [3.63, 3.8) is 0 Å².